The van der Waals surface area contributed by atoms with E-state index in [0.717, 1.165) is 12.1 Å². The maximum atomic E-state index is 13.1. The average Bonchev–Trinajstić information content (AvgIpc) is 2.25. The van der Waals surface area contributed by atoms with Crippen LogP contribution in [-0.4, -0.2) is 19.5 Å². The lowest BCUT2D eigenvalue weighted by molar-refractivity contribution is -0.121. The molecule has 3 nitrogen and oxygen atoms in total. The molecule has 0 spiro atoms. The van der Waals surface area contributed by atoms with Gasteiger partial charge in [0.15, 0.2) is 0 Å². The molecule has 1 aromatic rings. The number of hydrogen-bond acceptors (Lipinski definition) is 2. The number of nitrogens with one attached hydrogen (secondary N) is 2. The van der Waals surface area contributed by atoms with Gasteiger partial charge < -0.3 is 10.6 Å². The second-order valence-electron chi connectivity index (χ2n) is 3.37. The molecule has 0 aliphatic carbocycles. The number of rotatable bonds is 5. The minimum atomic E-state index is -0.645. The van der Waals surface area contributed by atoms with E-state index in [1.54, 1.807) is 7.05 Å². The monoisotopic (exact) mass is 264 g/mol. The predicted octanol–water partition coefficient (Wildman–Crippen LogP) is 1.61. The molecule has 6 heteroatoms. The fourth-order valence-electron chi connectivity index (χ4n) is 1.19. The first-order valence-electron chi connectivity index (χ1n) is 4.98. The molecule has 17 heavy (non-hydrogen) atoms. The highest BCUT2D eigenvalue weighted by Gasteiger charge is 2.05. The quantitative estimate of drug-likeness (QED) is 0.848. The highest BCUT2D eigenvalue weighted by Crippen LogP contribution is 2.08. The van der Waals surface area contributed by atoms with Crippen molar-refractivity contribution in [2.24, 2.45) is 0 Å². The van der Waals surface area contributed by atoms with Crippen molar-refractivity contribution in [2.75, 3.05) is 13.6 Å². The fourth-order valence-corrected chi connectivity index (χ4v) is 1.19. The van der Waals surface area contributed by atoms with E-state index in [4.69, 9.17) is 0 Å². The van der Waals surface area contributed by atoms with Gasteiger partial charge in [-0.25, -0.2) is 8.78 Å². The van der Waals surface area contributed by atoms with Crippen molar-refractivity contribution >= 4 is 18.3 Å². The number of carbonyl (C=O) groups excluding carboxylic acids is 1. The Morgan fingerprint density at radius 1 is 1.35 bits per heavy atom. The molecule has 0 atom stereocenters. The van der Waals surface area contributed by atoms with E-state index in [2.05, 4.69) is 10.6 Å². The number of carbonyl (C=O) groups is 1. The number of hydrogen-bond donors (Lipinski definition) is 2. The maximum Gasteiger partial charge on any atom is 0.221 e. The highest BCUT2D eigenvalue weighted by molar-refractivity contribution is 5.85. The van der Waals surface area contributed by atoms with Crippen LogP contribution in [0.5, 0.6) is 0 Å². The van der Waals surface area contributed by atoms with Gasteiger partial charge in [-0.15, -0.1) is 12.4 Å². The molecule has 0 heterocycles. The molecule has 2 N–H and O–H groups in total. The summed E-state index contributed by atoms with van der Waals surface area (Å²) >= 11 is 0. The topological polar surface area (TPSA) is 41.1 Å². The highest BCUT2D eigenvalue weighted by atomic mass is 35.5. The Morgan fingerprint density at radius 3 is 2.65 bits per heavy atom. The molecule has 1 amide bonds. The smallest absolute Gasteiger partial charge is 0.221 e. The molecular formula is C11H15ClF2N2O. The first-order valence-corrected chi connectivity index (χ1v) is 4.98. The second-order valence-corrected chi connectivity index (χ2v) is 3.37. The molecule has 1 aromatic carbocycles. The van der Waals surface area contributed by atoms with Gasteiger partial charge in [-0.2, -0.15) is 0 Å². The van der Waals surface area contributed by atoms with Crippen molar-refractivity contribution in [1.82, 2.24) is 10.6 Å². The van der Waals surface area contributed by atoms with Crippen molar-refractivity contribution in [3.63, 3.8) is 0 Å². The average molecular weight is 265 g/mol. The normalized spacial score (nSPS) is 9.59. The summed E-state index contributed by atoms with van der Waals surface area (Å²) in [7, 11) is 1.74. The molecule has 0 aliphatic rings. The summed E-state index contributed by atoms with van der Waals surface area (Å²) in [5.74, 6) is -1.44. The van der Waals surface area contributed by atoms with Crippen molar-refractivity contribution < 1.29 is 13.6 Å². The Kier molecular flexibility index (Phi) is 7.41. The molecule has 96 valence electrons. The van der Waals surface area contributed by atoms with Gasteiger partial charge in [0.05, 0.1) is 0 Å². The Labute approximate surface area is 105 Å². The van der Waals surface area contributed by atoms with Crippen molar-refractivity contribution in [3.8, 4) is 0 Å². The fraction of sp³-hybridized carbons (Fsp3) is 0.364. The summed E-state index contributed by atoms with van der Waals surface area (Å²) in [6, 6.07) is 3.29. The minimum absolute atomic E-state index is 0. The third kappa shape index (κ3) is 5.60. The van der Waals surface area contributed by atoms with Gasteiger partial charge >= 0.3 is 0 Å². The largest absolute Gasteiger partial charge is 0.352 e. The zero-order valence-corrected chi connectivity index (χ0v) is 10.2. The Hall–Kier alpha value is -1.20. The molecule has 0 fully saturated rings. The molecule has 0 radical (unpaired) electrons. The van der Waals surface area contributed by atoms with Gasteiger partial charge in [0.1, 0.15) is 11.6 Å². The first kappa shape index (κ1) is 15.8. The maximum absolute atomic E-state index is 13.1. The second kappa shape index (κ2) is 7.97. The lowest BCUT2D eigenvalue weighted by Gasteiger charge is -2.06. The zero-order valence-electron chi connectivity index (χ0n) is 9.43. The van der Waals surface area contributed by atoms with Crippen LogP contribution in [0.2, 0.25) is 0 Å². The summed E-state index contributed by atoms with van der Waals surface area (Å²) in [6.07, 6.45) is 0.333. The summed E-state index contributed by atoms with van der Waals surface area (Å²) < 4.78 is 25.7. The van der Waals surface area contributed by atoms with Crippen LogP contribution in [0.15, 0.2) is 18.2 Å². The third-order valence-electron chi connectivity index (χ3n) is 2.09. The van der Waals surface area contributed by atoms with Gasteiger partial charge in [-0.1, -0.05) is 6.07 Å². The molecule has 0 aromatic heterocycles. The van der Waals surface area contributed by atoms with Crippen LogP contribution in [-0.2, 0) is 11.3 Å². The van der Waals surface area contributed by atoms with Crippen LogP contribution >= 0.6 is 12.4 Å². The molecular weight excluding hydrogens is 250 g/mol. The Morgan fingerprint density at radius 2 is 2.06 bits per heavy atom. The van der Waals surface area contributed by atoms with Crippen LogP contribution < -0.4 is 10.6 Å². The van der Waals surface area contributed by atoms with Crippen molar-refractivity contribution in [1.29, 1.82) is 0 Å². The van der Waals surface area contributed by atoms with Gasteiger partial charge in [0.2, 0.25) is 5.91 Å². The van der Waals surface area contributed by atoms with E-state index in [-0.39, 0.29) is 30.4 Å². The molecule has 0 aliphatic heterocycles. The zero-order chi connectivity index (χ0) is 12.0. The number of benzene rings is 1. The molecule has 0 unspecified atom stereocenters. The standard InChI is InChI=1S/C11H14F2N2O.ClH/c1-14-5-4-11(16)15-7-8-2-3-9(12)6-10(8)13;/h2-3,6,14H,4-5,7H2,1H3,(H,15,16);1H. The molecule has 0 saturated heterocycles. The van der Waals surface area contributed by atoms with E-state index in [9.17, 15) is 13.6 Å². The SMILES string of the molecule is CNCCC(=O)NCc1ccc(F)cc1F.Cl. The number of amides is 1. The van der Waals surface area contributed by atoms with Gasteiger partial charge in [-0.3, -0.25) is 4.79 Å². The van der Waals surface area contributed by atoms with Crippen LogP contribution in [0.3, 0.4) is 0 Å². The summed E-state index contributed by atoms with van der Waals surface area (Å²) in [6.45, 7) is 0.645. The van der Waals surface area contributed by atoms with E-state index in [1.807, 2.05) is 0 Å². The van der Waals surface area contributed by atoms with Crippen LogP contribution in [0.25, 0.3) is 0 Å². The lowest BCUT2D eigenvalue weighted by atomic mass is 10.2. The molecule has 0 saturated carbocycles. The van der Waals surface area contributed by atoms with E-state index in [1.165, 1.54) is 6.07 Å². The van der Waals surface area contributed by atoms with Crippen LogP contribution in [0, 0.1) is 11.6 Å². The van der Waals surface area contributed by atoms with Gasteiger partial charge in [0, 0.05) is 31.1 Å². The molecule has 1 rings (SSSR count). The van der Waals surface area contributed by atoms with Crippen molar-refractivity contribution in [2.45, 2.75) is 13.0 Å². The predicted molar refractivity (Wildman–Crippen MR) is 64.0 cm³/mol. The Bertz CT molecular complexity index is 374. The summed E-state index contributed by atoms with van der Waals surface area (Å²) in [5.41, 5.74) is 0.277. The third-order valence-corrected chi connectivity index (χ3v) is 2.09. The summed E-state index contributed by atoms with van der Waals surface area (Å²) in [4.78, 5) is 11.2. The van der Waals surface area contributed by atoms with Crippen LogP contribution in [0.1, 0.15) is 12.0 Å². The minimum Gasteiger partial charge on any atom is -0.352 e. The van der Waals surface area contributed by atoms with Gasteiger partial charge in [-0.05, 0) is 13.1 Å². The van der Waals surface area contributed by atoms with E-state index >= 15 is 0 Å². The van der Waals surface area contributed by atoms with E-state index < -0.39 is 11.6 Å². The van der Waals surface area contributed by atoms with E-state index in [0.29, 0.717) is 13.0 Å². The summed E-state index contributed by atoms with van der Waals surface area (Å²) in [5, 5.41) is 5.38. The lowest BCUT2D eigenvalue weighted by Crippen LogP contribution is -2.26. The first-order chi connectivity index (χ1) is 7.63. The van der Waals surface area contributed by atoms with Gasteiger partial charge in [0.25, 0.3) is 0 Å². The van der Waals surface area contributed by atoms with Crippen LogP contribution in [0.4, 0.5) is 8.78 Å². The Balaban J connectivity index is 0.00000256. The number of halogens is 3. The van der Waals surface area contributed by atoms with Crippen molar-refractivity contribution in [3.05, 3.63) is 35.4 Å². The molecule has 0 bridgehead atoms.